The Bertz CT molecular complexity index is 340. The Morgan fingerprint density at radius 3 is 2.58 bits per heavy atom. The van der Waals surface area contributed by atoms with Gasteiger partial charge in [0.2, 0.25) is 0 Å². The van der Waals surface area contributed by atoms with Crippen LogP contribution in [-0.4, -0.2) is 19.7 Å². The number of rotatable bonds is 1. The maximum absolute atomic E-state index is 11.0. The van der Waals surface area contributed by atoms with Crippen LogP contribution in [0.2, 0.25) is 0 Å². The number of hydrogen-bond donors (Lipinski definition) is 1. The molecule has 0 radical (unpaired) electrons. The molecule has 3 nitrogen and oxygen atoms in total. The van der Waals surface area contributed by atoms with Crippen LogP contribution in [-0.2, 0) is 9.84 Å². The lowest BCUT2D eigenvalue weighted by molar-refractivity contribution is 0.607. The molecule has 0 heterocycles. The van der Waals surface area contributed by atoms with Gasteiger partial charge in [-0.1, -0.05) is 17.7 Å². The number of allylic oxidation sites excluding steroid dienone is 1. The van der Waals surface area contributed by atoms with Crippen molar-refractivity contribution in [1.82, 2.24) is 0 Å². The normalized spacial score (nSPS) is 30.1. The van der Waals surface area contributed by atoms with Gasteiger partial charge in [0.1, 0.15) is 5.00 Å². The Kier molecular flexibility index (Phi) is 2.33. The summed E-state index contributed by atoms with van der Waals surface area (Å²) in [6.07, 6.45) is 5.95. The van der Waals surface area contributed by atoms with Gasteiger partial charge in [0.25, 0.3) is 0 Å². The van der Waals surface area contributed by atoms with Crippen molar-refractivity contribution >= 4 is 21.4 Å². The molecule has 0 spiro atoms. The van der Waals surface area contributed by atoms with Gasteiger partial charge in [-0.2, -0.15) is 0 Å². The van der Waals surface area contributed by atoms with E-state index >= 15 is 0 Å². The highest BCUT2D eigenvalue weighted by Gasteiger charge is 2.22. The van der Waals surface area contributed by atoms with Crippen LogP contribution in [0, 0.1) is 0 Å². The number of nitrogens with two attached hydrogens (primary N) is 1. The van der Waals surface area contributed by atoms with Crippen molar-refractivity contribution in [3.8, 4) is 0 Å². The second-order valence-electron chi connectivity index (χ2n) is 2.84. The largest absolute Gasteiger partial charge is 0.309 e. The molecule has 0 saturated carbocycles. The molecule has 0 aromatic heterocycles. The summed E-state index contributed by atoms with van der Waals surface area (Å²) in [6.45, 7) is 0. The summed E-state index contributed by atoms with van der Waals surface area (Å²) in [5.41, 5.74) is 5.52. The maximum atomic E-state index is 11.0. The van der Waals surface area contributed by atoms with Crippen molar-refractivity contribution in [2.24, 2.45) is 5.73 Å². The van der Waals surface area contributed by atoms with E-state index in [0.717, 1.165) is 6.26 Å². The predicted octanol–water partition coefficient (Wildman–Crippen LogP) is 0.769. The summed E-state index contributed by atoms with van der Waals surface area (Å²) in [5.74, 6) is 0. The van der Waals surface area contributed by atoms with Gasteiger partial charge in [0.05, 0.1) is 4.91 Å². The number of alkyl halides is 1. The van der Waals surface area contributed by atoms with E-state index in [9.17, 15) is 8.42 Å². The highest BCUT2D eigenvalue weighted by molar-refractivity contribution is 7.94. The molecule has 0 bridgehead atoms. The smallest absolute Gasteiger partial charge is 0.175 e. The molecule has 1 aliphatic rings. The number of hydrogen-bond acceptors (Lipinski definition) is 3. The average molecular weight is 208 g/mol. The highest BCUT2D eigenvalue weighted by atomic mass is 35.5. The Morgan fingerprint density at radius 1 is 1.67 bits per heavy atom. The SMILES string of the molecule is CS(=O)(=O)C1=CCC(N)(Cl)C=C1. The van der Waals surface area contributed by atoms with Gasteiger partial charge in [-0.05, 0) is 12.2 Å². The first-order valence-electron chi connectivity index (χ1n) is 3.38. The van der Waals surface area contributed by atoms with E-state index in [1.54, 1.807) is 0 Å². The van der Waals surface area contributed by atoms with Gasteiger partial charge in [-0.15, -0.1) is 0 Å². The van der Waals surface area contributed by atoms with E-state index in [-0.39, 0.29) is 4.91 Å². The van der Waals surface area contributed by atoms with Crippen LogP contribution in [0.25, 0.3) is 0 Å². The molecular formula is C7H10ClNO2S. The van der Waals surface area contributed by atoms with Crippen molar-refractivity contribution in [3.63, 3.8) is 0 Å². The fourth-order valence-electron chi connectivity index (χ4n) is 0.889. The van der Waals surface area contributed by atoms with Gasteiger partial charge < -0.3 is 5.73 Å². The fourth-order valence-corrected chi connectivity index (χ4v) is 1.73. The molecule has 12 heavy (non-hydrogen) atoms. The van der Waals surface area contributed by atoms with Gasteiger partial charge >= 0.3 is 0 Å². The predicted molar refractivity (Wildman–Crippen MR) is 49.5 cm³/mol. The molecule has 0 amide bonds. The molecule has 0 fully saturated rings. The van der Waals surface area contributed by atoms with Crippen LogP contribution in [0.3, 0.4) is 0 Å². The average Bonchev–Trinajstić information content (AvgIpc) is 1.83. The van der Waals surface area contributed by atoms with Crippen LogP contribution in [0.1, 0.15) is 6.42 Å². The second kappa shape index (κ2) is 2.87. The van der Waals surface area contributed by atoms with E-state index in [4.69, 9.17) is 17.3 Å². The summed E-state index contributed by atoms with van der Waals surface area (Å²) in [5, 5.41) is 0. The van der Waals surface area contributed by atoms with Gasteiger partial charge in [-0.25, -0.2) is 8.42 Å². The third-order valence-electron chi connectivity index (χ3n) is 1.57. The zero-order chi connectivity index (χ0) is 9.41. The summed E-state index contributed by atoms with van der Waals surface area (Å²) >= 11 is 5.74. The zero-order valence-electron chi connectivity index (χ0n) is 6.62. The maximum Gasteiger partial charge on any atom is 0.175 e. The molecular weight excluding hydrogens is 198 g/mol. The van der Waals surface area contributed by atoms with Crippen molar-refractivity contribution in [2.75, 3.05) is 6.26 Å². The third kappa shape index (κ3) is 2.33. The standard InChI is InChI=1S/C7H10ClNO2S/c1-12(10,11)6-2-4-7(8,9)5-3-6/h2-4H,5,9H2,1H3. The zero-order valence-corrected chi connectivity index (χ0v) is 8.19. The van der Waals surface area contributed by atoms with E-state index in [0.29, 0.717) is 6.42 Å². The minimum Gasteiger partial charge on any atom is -0.309 e. The Labute approximate surface area is 76.8 Å². The Hall–Kier alpha value is -0.320. The van der Waals surface area contributed by atoms with E-state index in [2.05, 4.69) is 0 Å². The quantitative estimate of drug-likeness (QED) is 0.511. The molecule has 1 aliphatic carbocycles. The van der Waals surface area contributed by atoms with Crippen LogP contribution in [0.5, 0.6) is 0 Å². The molecule has 68 valence electrons. The van der Waals surface area contributed by atoms with E-state index in [1.165, 1.54) is 18.2 Å². The van der Waals surface area contributed by atoms with Crippen LogP contribution < -0.4 is 5.73 Å². The van der Waals surface area contributed by atoms with E-state index < -0.39 is 14.8 Å². The topological polar surface area (TPSA) is 60.2 Å². The first kappa shape index (κ1) is 9.77. The molecule has 2 N–H and O–H groups in total. The van der Waals surface area contributed by atoms with Crippen molar-refractivity contribution in [3.05, 3.63) is 23.1 Å². The van der Waals surface area contributed by atoms with Crippen molar-refractivity contribution in [1.29, 1.82) is 0 Å². The molecule has 5 heteroatoms. The van der Waals surface area contributed by atoms with Crippen LogP contribution in [0.4, 0.5) is 0 Å². The third-order valence-corrected chi connectivity index (χ3v) is 3.01. The summed E-state index contributed by atoms with van der Waals surface area (Å²) < 4.78 is 22.0. The summed E-state index contributed by atoms with van der Waals surface area (Å²) in [7, 11) is -3.12. The minimum atomic E-state index is -3.12. The van der Waals surface area contributed by atoms with Crippen molar-refractivity contribution in [2.45, 2.75) is 11.4 Å². The van der Waals surface area contributed by atoms with Crippen LogP contribution >= 0.6 is 11.6 Å². The van der Waals surface area contributed by atoms with Gasteiger partial charge in [-0.3, -0.25) is 0 Å². The fraction of sp³-hybridized carbons (Fsp3) is 0.429. The Morgan fingerprint density at radius 2 is 2.25 bits per heavy atom. The number of halogens is 1. The molecule has 1 atom stereocenters. The lowest BCUT2D eigenvalue weighted by Crippen LogP contribution is -2.31. The monoisotopic (exact) mass is 207 g/mol. The minimum absolute atomic E-state index is 0.282. The second-order valence-corrected chi connectivity index (χ2v) is 5.56. The van der Waals surface area contributed by atoms with Gasteiger partial charge in [0.15, 0.2) is 9.84 Å². The molecule has 1 rings (SSSR count). The first-order chi connectivity index (χ1) is 5.31. The number of sulfone groups is 1. The van der Waals surface area contributed by atoms with Crippen molar-refractivity contribution < 1.29 is 8.42 Å². The molecule has 1 unspecified atom stereocenters. The lowest BCUT2D eigenvalue weighted by atomic mass is 10.1. The summed E-state index contributed by atoms with van der Waals surface area (Å²) in [4.78, 5) is -0.641. The molecule has 0 aromatic rings. The molecule has 0 aliphatic heterocycles. The molecule has 0 saturated heterocycles. The lowest BCUT2D eigenvalue weighted by Gasteiger charge is -2.19. The first-order valence-corrected chi connectivity index (χ1v) is 5.65. The highest BCUT2D eigenvalue weighted by Crippen LogP contribution is 2.24. The van der Waals surface area contributed by atoms with Crippen LogP contribution in [0.15, 0.2) is 23.1 Å². The molecule has 0 aromatic carbocycles. The Balaban J connectivity index is 2.93. The summed E-state index contributed by atoms with van der Waals surface area (Å²) in [6, 6.07) is 0. The van der Waals surface area contributed by atoms with E-state index in [1.807, 2.05) is 0 Å². The van der Waals surface area contributed by atoms with Gasteiger partial charge in [0, 0.05) is 12.7 Å².